The van der Waals surface area contributed by atoms with Gasteiger partial charge in [0, 0.05) is 17.8 Å². The van der Waals surface area contributed by atoms with Gasteiger partial charge in [-0.15, -0.1) is 0 Å². The maximum absolute atomic E-state index is 12.2. The highest BCUT2D eigenvalue weighted by Crippen LogP contribution is 2.40. The number of nitrogens with one attached hydrogen (secondary N) is 1. The number of aromatic nitrogens is 1. The molecule has 1 aliphatic rings. The Morgan fingerprint density at radius 1 is 1.43 bits per heavy atom. The van der Waals surface area contributed by atoms with Crippen molar-refractivity contribution in [2.75, 3.05) is 6.54 Å². The van der Waals surface area contributed by atoms with Crippen LogP contribution in [-0.2, 0) is 4.79 Å². The van der Waals surface area contributed by atoms with Crippen LogP contribution in [0, 0.1) is 5.41 Å². The summed E-state index contributed by atoms with van der Waals surface area (Å²) in [7, 11) is 0. The smallest absolute Gasteiger partial charge is 0.311 e. The molecule has 0 unspecified atom stereocenters. The Morgan fingerprint density at radius 3 is 2.57 bits per heavy atom. The molecule has 0 spiro atoms. The fourth-order valence-corrected chi connectivity index (χ4v) is 2.58. The van der Waals surface area contributed by atoms with Crippen LogP contribution in [0.25, 0.3) is 0 Å². The van der Waals surface area contributed by atoms with Crippen molar-refractivity contribution in [2.24, 2.45) is 5.41 Å². The first kappa shape index (κ1) is 15.8. The summed E-state index contributed by atoms with van der Waals surface area (Å²) in [6, 6.07) is 3.19. The Morgan fingerprint density at radius 2 is 2.10 bits per heavy atom. The number of halogens is 1. The Balaban J connectivity index is 2.08. The van der Waals surface area contributed by atoms with Crippen molar-refractivity contribution in [1.29, 1.82) is 0 Å². The fraction of sp³-hybridized carbons (Fsp3) is 0.533. The number of carbonyl (C=O) groups is 2. The summed E-state index contributed by atoms with van der Waals surface area (Å²) in [5, 5.41) is 12.2. The number of nitrogens with zero attached hydrogens (tertiary/aromatic N) is 1. The highest BCUT2D eigenvalue weighted by Gasteiger charge is 2.44. The lowest BCUT2D eigenvalue weighted by Gasteiger charge is -2.37. The molecule has 1 saturated carbocycles. The standard InChI is InChI=1S/C15H19ClN2O3/c1-9(2)11-6-10(7-12(16)18-11)13(19)17-8-15(14(20)21)4-3-5-15/h6-7,9H,3-5,8H2,1-2H3,(H,17,19)(H,20,21). The molecule has 1 fully saturated rings. The topological polar surface area (TPSA) is 79.3 Å². The lowest BCUT2D eigenvalue weighted by atomic mass is 9.69. The van der Waals surface area contributed by atoms with Gasteiger partial charge in [-0.1, -0.05) is 31.9 Å². The van der Waals surface area contributed by atoms with Crippen LogP contribution in [0.15, 0.2) is 12.1 Å². The van der Waals surface area contributed by atoms with Crippen molar-refractivity contribution >= 4 is 23.5 Å². The molecular weight excluding hydrogens is 292 g/mol. The molecule has 1 aromatic rings. The average molecular weight is 311 g/mol. The van der Waals surface area contributed by atoms with Crippen LogP contribution in [0.2, 0.25) is 5.15 Å². The monoisotopic (exact) mass is 310 g/mol. The van der Waals surface area contributed by atoms with Crippen LogP contribution in [0.1, 0.15) is 55.1 Å². The predicted molar refractivity (Wildman–Crippen MR) is 79.6 cm³/mol. The van der Waals surface area contributed by atoms with E-state index >= 15 is 0 Å². The van der Waals surface area contributed by atoms with Crippen LogP contribution >= 0.6 is 11.6 Å². The first-order valence-corrected chi connectivity index (χ1v) is 7.41. The summed E-state index contributed by atoms with van der Waals surface area (Å²) in [6.45, 7) is 4.08. The van der Waals surface area contributed by atoms with Gasteiger partial charge in [0.05, 0.1) is 5.41 Å². The van der Waals surface area contributed by atoms with Gasteiger partial charge >= 0.3 is 5.97 Å². The molecule has 1 amide bonds. The van der Waals surface area contributed by atoms with Gasteiger partial charge < -0.3 is 10.4 Å². The van der Waals surface area contributed by atoms with E-state index in [2.05, 4.69) is 10.3 Å². The summed E-state index contributed by atoms with van der Waals surface area (Å²) in [4.78, 5) is 27.6. The highest BCUT2D eigenvalue weighted by atomic mass is 35.5. The van der Waals surface area contributed by atoms with Gasteiger partial charge in [0.25, 0.3) is 5.91 Å². The fourth-order valence-electron chi connectivity index (χ4n) is 2.37. The first-order chi connectivity index (χ1) is 9.84. The van der Waals surface area contributed by atoms with Crippen LogP contribution in [0.3, 0.4) is 0 Å². The lowest BCUT2D eigenvalue weighted by molar-refractivity contribution is -0.153. The Labute approximate surface area is 128 Å². The zero-order valence-corrected chi connectivity index (χ0v) is 12.9. The van der Waals surface area contributed by atoms with E-state index in [9.17, 15) is 14.7 Å². The Hall–Kier alpha value is -1.62. The SMILES string of the molecule is CC(C)c1cc(C(=O)NCC2(C(=O)O)CCC2)cc(Cl)n1. The third kappa shape index (κ3) is 3.35. The van der Waals surface area contributed by atoms with E-state index in [1.807, 2.05) is 13.8 Å². The van der Waals surface area contributed by atoms with Crippen molar-refractivity contribution < 1.29 is 14.7 Å². The van der Waals surface area contributed by atoms with Crippen molar-refractivity contribution in [3.63, 3.8) is 0 Å². The molecule has 0 bridgehead atoms. The van der Waals surface area contributed by atoms with Gasteiger partial charge in [-0.05, 0) is 30.9 Å². The maximum atomic E-state index is 12.2. The van der Waals surface area contributed by atoms with E-state index < -0.39 is 11.4 Å². The predicted octanol–water partition coefficient (Wildman–Crippen LogP) is 2.84. The second-order valence-corrected chi connectivity index (χ2v) is 6.27. The van der Waals surface area contributed by atoms with Crippen molar-refractivity contribution in [1.82, 2.24) is 10.3 Å². The number of hydrogen-bond acceptors (Lipinski definition) is 3. The second kappa shape index (κ2) is 6.02. The Kier molecular flexibility index (Phi) is 4.52. The minimum atomic E-state index is -0.843. The number of aliphatic carboxylic acids is 1. The van der Waals surface area contributed by atoms with Gasteiger partial charge in [-0.2, -0.15) is 0 Å². The number of carbonyl (C=O) groups excluding carboxylic acids is 1. The summed E-state index contributed by atoms with van der Waals surface area (Å²) in [5.41, 5.74) is 0.357. The van der Waals surface area contributed by atoms with Gasteiger partial charge in [-0.25, -0.2) is 4.98 Å². The van der Waals surface area contributed by atoms with Gasteiger partial charge in [0.15, 0.2) is 0 Å². The molecule has 0 atom stereocenters. The average Bonchev–Trinajstić information content (AvgIpc) is 2.35. The van der Waals surface area contributed by atoms with Crippen molar-refractivity contribution in [3.05, 3.63) is 28.5 Å². The molecule has 0 saturated heterocycles. The minimum absolute atomic E-state index is 0.151. The summed E-state index contributed by atoms with van der Waals surface area (Å²) in [6.07, 6.45) is 2.11. The number of hydrogen-bond donors (Lipinski definition) is 2. The summed E-state index contributed by atoms with van der Waals surface area (Å²) < 4.78 is 0. The van der Waals surface area contributed by atoms with E-state index in [0.717, 1.165) is 12.1 Å². The highest BCUT2D eigenvalue weighted by molar-refractivity contribution is 6.29. The van der Waals surface area contributed by atoms with Gasteiger partial charge in [0.2, 0.25) is 0 Å². The molecule has 1 aliphatic carbocycles. The minimum Gasteiger partial charge on any atom is -0.481 e. The molecular formula is C15H19ClN2O3. The summed E-state index contributed by atoms with van der Waals surface area (Å²) in [5.74, 6) is -0.995. The zero-order chi connectivity index (χ0) is 15.6. The second-order valence-electron chi connectivity index (χ2n) is 5.88. The van der Waals surface area contributed by atoms with Gasteiger partial charge in [-0.3, -0.25) is 9.59 Å². The van der Waals surface area contributed by atoms with Gasteiger partial charge in [0.1, 0.15) is 5.15 Å². The first-order valence-electron chi connectivity index (χ1n) is 7.03. The molecule has 0 radical (unpaired) electrons. The molecule has 1 aromatic heterocycles. The van der Waals surface area contributed by atoms with Crippen LogP contribution in [0.4, 0.5) is 0 Å². The molecule has 2 rings (SSSR count). The maximum Gasteiger partial charge on any atom is 0.311 e. The number of carboxylic acid groups (broad SMARTS) is 1. The van der Waals surface area contributed by atoms with Crippen LogP contribution in [-0.4, -0.2) is 28.5 Å². The van der Waals surface area contributed by atoms with Crippen LogP contribution in [0.5, 0.6) is 0 Å². The zero-order valence-electron chi connectivity index (χ0n) is 12.1. The number of amides is 1. The number of carboxylic acids is 1. The molecule has 0 aliphatic heterocycles. The molecule has 6 heteroatoms. The van der Waals surface area contributed by atoms with E-state index in [-0.39, 0.29) is 23.5 Å². The molecule has 21 heavy (non-hydrogen) atoms. The molecule has 1 heterocycles. The Bertz CT molecular complexity index is 568. The largest absolute Gasteiger partial charge is 0.481 e. The number of rotatable bonds is 5. The third-order valence-electron chi connectivity index (χ3n) is 4.02. The summed E-state index contributed by atoms with van der Waals surface area (Å²) >= 11 is 5.93. The van der Waals surface area contributed by atoms with E-state index in [0.29, 0.717) is 18.4 Å². The molecule has 114 valence electrons. The van der Waals surface area contributed by atoms with E-state index in [1.165, 1.54) is 6.07 Å². The molecule has 0 aromatic carbocycles. The number of pyridine rings is 1. The lowest BCUT2D eigenvalue weighted by Crippen LogP contribution is -2.47. The molecule has 2 N–H and O–H groups in total. The van der Waals surface area contributed by atoms with E-state index in [1.54, 1.807) is 6.07 Å². The van der Waals surface area contributed by atoms with Crippen molar-refractivity contribution in [2.45, 2.75) is 39.0 Å². The van der Waals surface area contributed by atoms with E-state index in [4.69, 9.17) is 11.6 Å². The normalized spacial score (nSPS) is 16.4. The molecule has 5 nitrogen and oxygen atoms in total. The van der Waals surface area contributed by atoms with Crippen LogP contribution < -0.4 is 5.32 Å². The third-order valence-corrected chi connectivity index (χ3v) is 4.21. The quantitative estimate of drug-likeness (QED) is 0.820. The van der Waals surface area contributed by atoms with Crippen molar-refractivity contribution in [3.8, 4) is 0 Å².